The summed E-state index contributed by atoms with van der Waals surface area (Å²) in [5, 5.41) is 8.07. The number of aryl methyl sites for hydroxylation is 1. The average Bonchev–Trinajstić information content (AvgIpc) is 3.30. The van der Waals surface area contributed by atoms with Gasteiger partial charge in [0.1, 0.15) is 22.4 Å². The summed E-state index contributed by atoms with van der Waals surface area (Å²) in [6, 6.07) is 7.83. The number of hydrogen-bond acceptors (Lipinski definition) is 6. The summed E-state index contributed by atoms with van der Waals surface area (Å²) in [5.74, 6) is -0.106. The van der Waals surface area contributed by atoms with Crippen molar-refractivity contribution < 1.29 is 18.0 Å². The molecule has 0 saturated carbocycles. The minimum atomic E-state index is -3.96. The number of rotatable bonds is 10. The molecule has 11 heteroatoms. The molecule has 0 spiro atoms. The fourth-order valence-electron chi connectivity index (χ4n) is 3.90. The summed E-state index contributed by atoms with van der Waals surface area (Å²) in [4.78, 5) is 28.9. The zero-order valence-corrected chi connectivity index (χ0v) is 25.4. The van der Waals surface area contributed by atoms with E-state index in [-0.39, 0.29) is 29.2 Å². The summed E-state index contributed by atoms with van der Waals surface area (Å²) in [7, 11) is -2.16. The number of likely N-dealkylation sites (N-methyl/N-ethyl adjacent to an activating group) is 1. The molecule has 2 unspecified atom stereocenters. The Hall–Kier alpha value is -2.79. The number of nitrogens with one attached hydrogen (secondary N) is 1. The van der Waals surface area contributed by atoms with Crippen LogP contribution in [-0.2, 0) is 26.2 Å². The highest BCUT2D eigenvalue weighted by atomic mass is 35.5. The lowest BCUT2D eigenvalue weighted by atomic mass is 10.1. The van der Waals surface area contributed by atoms with Gasteiger partial charge >= 0.3 is 0 Å². The lowest BCUT2D eigenvalue weighted by Crippen LogP contribution is -2.57. The summed E-state index contributed by atoms with van der Waals surface area (Å²) >= 11 is 7.09. The second-order valence-corrected chi connectivity index (χ2v) is 13.0. The molecule has 0 bridgehead atoms. The van der Waals surface area contributed by atoms with E-state index in [1.165, 1.54) is 4.90 Å². The normalized spacial score (nSPS) is 16.9. The predicted octanol–water partition coefficient (Wildman–Crippen LogP) is 4.77. The maximum atomic E-state index is 13.3. The van der Waals surface area contributed by atoms with Crippen LogP contribution in [0.2, 0.25) is 0 Å². The Morgan fingerprint density at radius 2 is 1.95 bits per heavy atom. The highest BCUT2D eigenvalue weighted by molar-refractivity contribution is 7.91. The van der Waals surface area contributed by atoms with Gasteiger partial charge in [0.25, 0.3) is 10.0 Å². The van der Waals surface area contributed by atoms with Crippen LogP contribution in [-0.4, -0.2) is 78.7 Å². The number of hydrogen-bond donors (Lipinski definition) is 1. The first-order chi connectivity index (χ1) is 18.5. The molecule has 1 saturated heterocycles. The molecule has 39 heavy (non-hydrogen) atoms. The van der Waals surface area contributed by atoms with Crippen LogP contribution in [0.15, 0.2) is 53.3 Å². The van der Waals surface area contributed by atoms with Gasteiger partial charge in [-0.05, 0) is 31.0 Å². The van der Waals surface area contributed by atoms with Gasteiger partial charge < -0.3 is 14.6 Å². The molecule has 1 aromatic heterocycles. The number of carbonyl (C=O) groups excluding carboxylic acids is 2. The van der Waals surface area contributed by atoms with Crippen LogP contribution in [0.5, 0.6) is 0 Å². The number of thiophene rings is 1. The van der Waals surface area contributed by atoms with E-state index in [1.54, 1.807) is 60.5 Å². The largest absolute Gasteiger partial charge is 0.356 e. The number of sulfonamides is 1. The van der Waals surface area contributed by atoms with Crippen molar-refractivity contribution in [3.05, 3.63) is 70.6 Å². The summed E-state index contributed by atoms with van der Waals surface area (Å²) in [6.45, 7) is 11.6. The molecule has 3 rings (SSSR count). The first kappa shape index (κ1) is 32.4. The molecule has 1 aromatic carbocycles. The van der Waals surface area contributed by atoms with E-state index in [1.807, 2.05) is 27.7 Å². The van der Waals surface area contributed by atoms with Gasteiger partial charge in [0, 0.05) is 42.5 Å². The molecule has 1 N–H and O–H groups in total. The van der Waals surface area contributed by atoms with Gasteiger partial charge in [0.05, 0.1) is 6.54 Å². The molecule has 1 fully saturated rings. The lowest BCUT2D eigenvalue weighted by Gasteiger charge is -2.37. The predicted molar refractivity (Wildman–Crippen MR) is 160 cm³/mol. The number of amidine groups is 1. The molecule has 2 atom stereocenters. The van der Waals surface area contributed by atoms with Crippen LogP contribution in [0.3, 0.4) is 0 Å². The zero-order chi connectivity index (χ0) is 29.3. The number of carbonyl (C=O) groups is 2. The van der Waals surface area contributed by atoms with Crippen molar-refractivity contribution in [1.29, 1.82) is 5.41 Å². The lowest BCUT2D eigenvalue weighted by molar-refractivity contribution is -0.141. The summed E-state index contributed by atoms with van der Waals surface area (Å²) in [5.41, 5.74) is 2.24. The third kappa shape index (κ3) is 8.11. The van der Waals surface area contributed by atoms with E-state index >= 15 is 0 Å². The Balaban J connectivity index is 0.00000260. The second-order valence-electron chi connectivity index (χ2n) is 8.85. The number of alkyl halides is 1. The van der Waals surface area contributed by atoms with Crippen LogP contribution in [0.4, 0.5) is 0 Å². The minimum absolute atomic E-state index is 0.118. The molecule has 1 aliphatic heterocycles. The molecule has 0 radical (unpaired) electrons. The SMILES string of the molecule is C=CCN(C)C(=N)c1ccc(CN2C(=O)CN(S(=O)(=O)c3cc(/C=C\C(C)Cl)c(C)s3)CC2C=O)cc1.CC. The topological polar surface area (TPSA) is 102 Å². The maximum Gasteiger partial charge on any atom is 0.253 e. The Morgan fingerprint density at radius 1 is 1.31 bits per heavy atom. The van der Waals surface area contributed by atoms with Crippen molar-refractivity contribution in [1.82, 2.24) is 14.1 Å². The van der Waals surface area contributed by atoms with Crippen molar-refractivity contribution in [3.63, 3.8) is 0 Å². The van der Waals surface area contributed by atoms with Gasteiger partial charge in [0.15, 0.2) is 0 Å². The molecule has 2 aromatic rings. The number of benzene rings is 1. The molecule has 8 nitrogen and oxygen atoms in total. The monoisotopic (exact) mass is 592 g/mol. The molecule has 1 amide bonds. The standard InChI is InChI=1S/C26H31ClN4O4S2.C2H6/c1-5-12-29(4)26(28)21-10-7-20(8-11-21)14-31-23(17-32)15-30(16-24(31)33)37(34,35)25-13-22(19(3)36-25)9-6-18(2)27;1-2/h5-11,13,17-18,23,28H,1,12,14-16H2,2-4H3;1-2H3/b9-6-,28-26?;. The van der Waals surface area contributed by atoms with E-state index in [9.17, 15) is 18.0 Å². The van der Waals surface area contributed by atoms with Crippen LogP contribution in [0.1, 0.15) is 42.3 Å². The van der Waals surface area contributed by atoms with Crippen molar-refractivity contribution >= 4 is 57.1 Å². The summed E-state index contributed by atoms with van der Waals surface area (Å²) < 4.78 is 27.9. The molecule has 212 valence electrons. The van der Waals surface area contributed by atoms with Crippen molar-refractivity contribution in [3.8, 4) is 0 Å². The number of allylic oxidation sites excluding steroid dienone is 1. The quantitative estimate of drug-likeness (QED) is 0.141. The van der Waals surface area contributed by atoms with Gasteiger partial charge in [-0.1, -0.05) is 56.3 Å². The fraction of sp³-hybridized carbons (Fsp3) is 0.393. The number of amides is 1. The van der Waals surface area contributed by atoms with Crippen LogP contribution in [0.25, 0.3) is 6.08 Å². The zero-order valence-electron chi connectivity index (χ0n) is 23.1. The first-order valence-electron chi connectivity index (χ1n) is 12.7. The van der Waals surface area contributed by atoms with Gasteiger partial charge in [-0.3, -0.25) is 10.2 Å². The highest BCUT2D eigenvalue weighted by Gasteiger charge is 2.39. The average molecular weight is 593 g/mol. The van der Waals surface area contributed by atoms with E-state index in [0.29, 0.717) is 24.2 Å². The molecule has 1 aliphatic rings. The first-order valence-corrected chi connectivity index (χ1v) is 15.3. The second kappa shape index (κ2) is 14.6. The molecule has 0 aliphatic carbocycles. The fourth-order valence-corrected chi connectivity index (χ4v) is 6.97. The smallest absolute Gasteiger partial charge is 0.253 e. The Labute approximate surface area is 241 Å². The van der Waals surface area contributed by atoms with E-state index in [0.717, 1.165) is 31.6 Å². The molecule has 2 heterocycles. The number of nitrogens with zero attached hydrogens (tertiary/aromatic N) is 3. The van der Waals surface area contributed by atoms with Crippen molar-refractivity contribution in [2.75, 3.05) is 26.7 Å². The van der Waals surface area contributed by atoms with E-state index in [4.69, 9.17) is 17.0 Å². The number of halogens is 1. The molecular weight excluding hydrogens is 556 g/mol. The maximum absolute atomic E-state index is 13.3. The third-order valence-corrected chi connectivity index (χ3v) is 9.49. The van der Waals surface area contributed by atoms with Gasteiger partial charge in [-0.2, -0.15) is 4.31 Å². The Morgan fingerprint density at radius 3 is 2.51 bits per heavy atom. The van der Waals surface area contributed by atoms with Gasteiger partial charge in [-0.25, -0.2) is 8.42 Å². The van der Waals surface area contributed by atoms with Gasteiger partial charge in [0.2, 0.25) is 5.91 Å². The van der Waals surface area contributed by atoms with Crippen molar-refractivity contribution in [2.24, 2.45) is 0 Å². The van der Waals surface area contributed by atoms with Gasteiger partial charge in [-0.15, -0.1) is 29.5 Å². The van der Waals surface area contributed by atoms with Crippen LogP contribution >= 0.6 is 22.9 Å². The van der Waals surface area contributed by atoms with Crippen LogP contribution in [0, 0.1) is 12.3 Å². The minimum Gasteiger partial charge on any atom is -0.356 e. The van der Waals surface area contributed by atoms with Crippen molar-refractivity contribution in [2.45, 2.75) is 49.9 Å². The Kier molecular flexibility index (Phi) is 12.1. The van der Waals surface area contributed by atoms with E-state index < -0.39 is 22.0 Å². The summed E-state index contributed by atoms with van der Waals surface area (Å²) in [6.07, 6.45) is 5.88. The van der Waals surface area contributed by atoms with Crippen LogP contribution < -0.4 is 0 Å². The van der Waals surface area contributed by atoms with E-state index in [2.05, 4.69) is 6.58 Å². The third-order valence-electron chi connectivity index (χ3n) is 6.01. The Bertz CT molecular complexity index is 1300. The molecular formula is C28H37ClN4O4S2. The number of piperazine rings is 1. The number of aldehydes is 1. The highest BCUT2D eigenvalue weighted by Crippen LogP contribution is 2.31.